The highest BCUT2D eigenvalue weighted by Gasteiger charge is 2.56. The van der Waals surface area contributed by atoms with E-state index in [4.69, 9.17) is 10.8 Å². The largest absolute Gasteiger partial charge is 0.507 e. The molecule has 1 aliphatic heterocycles. The highest BCUT2D eigenvalue weighted by molar-refractivity contribution is 6.05. The lowest BCUT2D eigenvalue weighted by molar-refractivity contribution is -0.152. The number of rotatable bonds is 5. The molecule has 8 nitrogen and oxygen atoms in total. The molecule has 1 aromatic rings. The first-order chi connectivity index (χ1) is 19.4. The molecule has 4 aliphatic rings. The van der Waals surface area contributed by atoms with Gasteiger partial charge in [0.05, 0.1) is 6.10 Å². The number of fused-ring (bicyclic) bond motifs is 3. The number of phenols is 1. The van der Waals surface area contributed by atoms with Crippen molar-refractivity contribution in [3.05, 3.63) is 53.1 Å². The smallest absolute Gasteiger partial charge is 0.230 e. The molecule has 1 saturated heterocycles. The van der Waals surface area contributed by atoms with Gasteiger partial charge in [0.1, 0.15) is 11.7 Å². The molecule has 41 heavy (non-hydrogen) atoms. The molecule has 3 aliphatic carbocycles. The molecule has 0 spiro atoms. The molecule has 8 heteroatoms. The second-order valence-electron chi connectivity index (χ2n) is 12.6. The Morgan fingerprint density at radius 1 is 1.17 bits per heavy atom. The Hall–Kier alpha value is -2.78. The summed E-state index contributed by atoms with van der Waals surface area (Å²) in [6, 6.07) is 3.71. The SMILES string of the molecule is C=C(CN1CCN(C)CC1)c1ccc(O)c2c1C[C@H]1C[C@@H]3C(C(=O)C(C(N)=O)C(O)[C@H]3C(C)C)C(C)=C1C2=C.CO. The first-order valence-electron chi connectivity index (χ1n) is 14.7. The maximum Gasteiger partial charge on any atom is 0.230 e. The van der Waals surface area contributed by atoms with Crippen molar-refractivity contribution in [3.63, 3.8) is 0 Å². The molecule has 1 amide bonds. The van der Waals surface area contributed by atoms with Gasteiger partial charge < -0.3 is 26.0 Å². The number of carbonyl (C=O) groups is 2. The molecule has 1 aromatic carbocycles. The first-order valence-corrected chi connectivity index (χ1v) is 14.7. The van der Waals surface area contributed by atoms with E-state index in [9.17, 15) is 19.8 Å². The van der Waals surface area contributed by atoms with Crippen LogP contribution < -0.4 is 5.73 Å². The van der Waals surface area contributed by atoms with Crippen LogP contribution in [0.25, 0.3) is 11.1 Å². The third-order valence-corrected chi connectivity index (χ3v) is 9.96. The van der Waals surface area contributed by atoms with Gasteiger partial charge in [-0.1, -0.05) is 38.6 Å². The Bertz CT molecular complexity index is 1260. The average Bonchev–Trinajstić information content (AvgIpc) is 2.90. The van der Waals surface area contributed by atoms with E-state index in [0.29, 0.717) is 12.8 Å². The first kappa shape index (κ1) is 31.2. The van der Waals surface area contributed by atoms with Crippen LogP contribution in [0.15, 0.2) is 36.4 Å². The lowest BCUT2D eigenvalue weighted by Crippen LogP contribution is -2.57. The second-order valence-corrected chi connectivity index (χ2v) is 12.6. The molecule has 6 atom stereocenters. The fourth-order valence-corrected chi connectivity index (χ4v) is 8.16. The van der Waals surface area contributed by atoms with E-state index in [0.717, 1.165) is 78.8 Å². The summed E-state index contributed by atoms with van der Waals surface area (Å²) >= 11 is 0. The molecule has 224 valence electrons. The fourth-order valence-electron chi connectivity index (χ4n) is 8.16. The van der Waals surface area contributed by atoms with Gasteiger partial charge in [0.25, 0.3) is 0 Å². The van der Waals surface area contributed by atoms with Gasteiger partial charge >= 0.3 is 0 Å². The van der Waals surface area contributed by atoms with Gasteiger partial charge in [-0.05, 0) is 84.4 Å². The van der Waals surface area contributed by atoms with Crippen molar-refractivity contribution in [2.75, 3.05) is 46.9 Å². The summed E-state index contributed by atoms with van der Waals surface area (Å²) < 4.78 is 0. The standard InChI is InChI=1S/C32H43N3O4.CH4O/c1-16(2)25-23-14-20-13-22-21(17(3)15-35-11-9-34(6)10-12-35)7-8-24(36)27(22)18(4)26(20)19(5)28(23)31(38)29(30(25)37)32(33)39;1-2/h7-8,16,20,23,25,28-30,36-37H,3-4,9-15H2,1-2,5-6H3,(H2,33,39);2H,1H3/t20-,23-,25-,28?,29?,30?;/m0./s1. The zero-order valence-corrected chi connectivity index (χ0v) is 25.2. The van der Waals surface area contributed by atoms with Crippen LogP contribution >= 0.6 is 0 Å². The molecule has 0 radical (unpaired) electrons. The molecular weight excluding hydrogens is 518 g/mol. The van der Waals surface area contributed by atoms with E-state index < -0.39 is 23.8 Å². The van der Waals surface area contributed by atoms with Crippen molar-refractivity contribution in [1.29, 1.82) is 0 Å². The molecule has 0 aromatic heterocycles. The number of benzene rings is 1. The number of piperazine rings is 1. The zero-order chi connectivity index (χ0) is 30.3. The van der Waals surface area contributed by atoms with Crippen LogP contribution in [0.1, 0.15) is 43.9 Å². The van der Waals surface area contributed by atoms with Crippen LogP contribution in [0.4, 0.5) is 0 Å². The van der Waals surface area contributed by atoms with E-state index in [2.05, 4.69) is 30.0 Å². The predicted molar refractivity (Wildman–Crippen MR) is 162 cm³/mol. The third-order valence-electron chi connectivity index (χ3n) is 9.96. The number of aliphatic hydroxyl groups is 2. The highest BCUT2D eigenvalue weighted by atomic mass is 16.3. The highest BCUT2D eigenvalue weighted by Crippen LogP contribution is 2.56. The summed E-state index contributed by atoms with van der Waals surface area (Å²) in [5, 5.41) is 29.2. The number of aliphatic hydroxyl groups excluding tert-OH is 2. The topological polar surface area (TPSA) is 127 Å². The van der Waals surface area contributed by atoms with Gasteiger partial charge in [-0.2, -0.15) is 0 Å². The Balaban J connectivity index is 0.00000189. The predicted octanol–water partition coefficient (Wildman–Crippen LogP) is 2.72. The van der Waals surface area contributed by atoms with Gasteiger partial charge in [0.15, 0.2) is 5.78 Å². The number of Topliss-reactive ketones (excluding diaryl/α,β-unsaturated/α-hetero) is 1. The number of ketones is 1. The molecule has 5 N–H and O–H groups in total. The average molecular weight is 566 g/mol. The van der Waals surface area contributed by atoms with Crippen LogP contribution in [-0.4, -0.2) is 89.8 Å². The van der Waals surface area contributed by atoms with Gasteiger partial charge in [0, 0.05) is 51.3 Å². The molecule has 1 heterocycles. The number of amides is 1. The normalized spacial score (nSPS) is 30.2. The fraction of sp³-hybridized carbons (Fsp3) is 0.576. The number of primary amides is 1. The van der Waals surface area contributed by atoms with Crippen LogP contribution in [0.3, 0.4) is 0 Å². The van der Waals surface area contributed by atoms with Crippen molar-refractivity contribution in [3.8, 4) is 5.75 Å². The summed E-state index contributed by atoms with van der Waals surface area (Å²) in [5.74, 6) is -2.65. The van der Waals surface area contributed by atoms with E-state index in [1.165, 1.54) is 0 Å². The molecule has 0 bridgehead atoms. The minimum absolute atomic E-state index is 0.0823. The number of likely N-dealkylation sites (N-methyl/N-ethyl adjacent to an activating group) is 1. The van der Waals surface area contributed by atoms with Crippen molar-refractivity contribution >= 4 is 22.8 Å². The molecule has 5 rings (SSSR count). The number of nitrogens with zero attached hydrogens (tertiary/aromatic N) is 2. The Morgan fingerprint density at radius 2 is 1.80 bits per heavy atom. The summed E-state index contributed by atoms with van der Waals surface area (Å²) in [7, 11) is 3.15. The second kappa shape index (κ2) is 12.2. The van der Waals surface area contributed by atoms with Crippen molar-refractivity contribution in [1.82, 2.24) is 9.80 Å². The monoisotopic (exact) mass is 565 g/mol. The maximum absolute atomic E-state index is 13.6. The Morgan fingerprint density at radius 3 is 2.39 bits per heavy atom. The van der Waals surface area contributed by atoms with E-state index in [-0.39, 0.29) is 35.2 Å². The van der Waals surface area contributed by atoms with E-state index in [1.807, 2.05) is 26.8 Å². The summed E-state index contributed by atoms with van der Waals surface area (Å²) in [5.41, 5.74) is 12.2. The van der Waals surface area contributed by atoms with Crippen molar-refractivity contribution in [2.24, 2.45) is 41.2 Å². The molecular formula is C33H47N3O5. The lowest BCUT2D eigenvalue weighted by Gasteiger charge is -2.51. The number of hydrogen-bond acceptors (Lipinski definition) is 7. The zero-order valence-electron chi connectivity index (χ0n) is 25.2. The molecule has 3 unspecified atom stereocenters. The number of hydrogen-bond donors (Lipinski definition) is 4. The van der Waals surface area contributed by atoms with Crippen molar-refractivity contribution < 1.29 is 24.9 Å². The van der Waals surface area contributed by atoms with Crippen LogP contribution in [-0.2, 0) is 16.0 Å². The van der Waals surface area contributed by atoms with Gasteiger partial charge in [-0.15, -0.1) is 0 Å². The van der Waals surface area contributed by atoms with Crippen molar-refractivity contribution in [2.45, 2.75) is 39.7 Å². The number of aromatic hydroxyl groups is 1. The molecule has 2 fully saturated rings. The third kappa shape index (κ3) is 5.43. The molecule has 1 saturated carbocycles. The quantitative estimate of drug-likeness (QED) is 0.404. The van der Waals surface area contributed by atoms with Gasteiger partial charge in [-0.25, -0.2) is 0 Å². The van der Waals surface area contributed by atoms with E-state index in [1.54, 1.807) is 6.07 Å². The van der Waals surface area contributed by atoms with Gasteiger partial charge in [0.2, 0.25) is 5.91 Å². The number of carbonyl (C=O) groups excluding carboxylic acids is 2. The maximum atomic E-state index is 13.6. The van der Waals surface area contributed by atoms with Crippen LogP contribution in [0.5, 0.6) is 5.75 Å². The summed E-state index contributed by atoms with van der Waals surface area (Å²) in [6.07, 6.45) is 0.351. The van der Waals surface area contributed by atoms with Gasteiger partial charge in [-0.3, -0.25) is 14.5 Å². The van der Waals surface area contributed by atoms with Crippen LogP contribution in [0.2, 0.25) is 0 Å². The Kier molecular flexibility index (Phi) is 9.29. The Labute approximate surface area is 244 Å². The summed E-state index contributed by atoms with van der Waals surface area (Å²) in [6.45, 7) is 19.8. The number of nitrogens with two attached hydrogens (primary N) is 1. The number of phenolic OH excluding ortho intramolecular Hbond substituents is 1. The lowest BCUT2D eigenvalue weighted by atomic mass is 9.53. The minimum Gasteiger partial charge on any atom is -0.507 e. The summed E-state index contributed by atoms with van der Waals surface area (Å²) in [4.78, 5) is 30.7. The minimum atomic E-state index is -1.20. The number of allylic oxidation sites excluding steroid dienone is 3. The van der Waals surface area contributed by atoms with E-state index >= 15 is 0 Å². The van der Waals surface area contributed by atoms with Crippen LogP contribution in [0, 0.1) is 35.5 Å².